The van der Waals surface area contributed by atoms with E-state index in [-0.39, 0.29) is 0 Å². The van der Waals surface area contributed by atoms with Crippen molar-refractivity contribution in [3.63, 3.8) is 0 Å². The molecule has 0 amide bonds. The lowest BCUT2D eigenvalue weighted by Crippen LogP contribution is -1.82. The van der Waals surface area contributed by atoms with E-state index in [1.165, 1.54) is 22.3 Å². The van der Waals surface area contributed by atoms with Gasteiger partial charge in [-0.25, -0.2) is 0 Å². The van der Waals surface area contributed by atoms with Crippen LogP contribution in [-0.2, 0) is 0 Å². The molecule has 0 saturated heterocycles. The van der Waals surface area contributed by atoms with E-state index in [2.05, 4.69) is 84.1 Å². The second-order valence-corrected chi connectivity index (χ2v) is 4.87. The Hall–Kier alpha value is -1.09. The number of hydrogen-bond donors (Lipinski definition) is 0. The predicted octanol–water partition coefficient (Wildman–Crippen LogP) is 5.19. The van der Waals surface area contributed by atoms with Gasteiger partial charge >= 0.3 is 0 Å². The van der Waals surface area contributed by atoms with Crippen molar-refractivity contribution >= 4 is 28.2 Å². The fourth-order valence-corrected chi connectivity index (χ4v) is 2.45. The maximum absolute atomic E-state index is 2.37. The third-order valence-electron chi connectivity index (χ3n) is 2.83. The van der Waals surface area contributed by atoms with E-state index in [9.17, 15) is 0 Å². The zero-order valence-corrected chi connectivity index (χ0v) is 12.0. The van der Waals surface area contributed by atoms with Crippen LogP contribution in [0, 0.1) is 0 Å². The van der Waals surface area contributed by atoms with E-state index in [1.54, 1.807) is 0 Å². The first-order valence-corrected chi connectivity index (χ1v) is 7.22. The van der Waals surface area contributed by atoms with Crippen molar-refractivity contribution in [1.29, 1.82) is 0 Å². The Kier molecular flexibility index (Phi) is 4.37. The van der Waals surface area contributed by atoms with Crippen molar-refractivity contribution in [1.82, 2.24) is 0 Å². The van der Waals surface area contributed by atoms with Crippen molar-refractivity contribution in [3.8, 4) is 11.1 Å². The van der Waals surface area contributed by atoms with E-state index < -0.39 is 0 Å². The van der Waals surface area contributed by atoms with E-state index in [4.69, 9.17) is 0 Å². The molecule has 86 valence electrons. The van der Waals surface area contributed by atoms with Gasteiger partial charge < -0.3 is 0 Å². The number of rotatable bonds is 3. The van der Waals surface area contributed by atoms with Crippen LogP contribution >= 0.6 is 22.6 Å². The van der Waals surface area contributed by atoms with E-state index in [0.717, 1.165) is 4.43 Å². The van der Waals surface area contributed by atoms with Crippen molar-refractivity contribution in [2.24, 2.45) is 0 Å². The standard InChI is InChI=1S/C16H15I/c1-13(11-12-17)14-7-9-16(10-8-14)15-5-3-2-4-6-15/h2-11H,12H2,1H3/b13-11+. The van der Waals surface area contributed by atoms with Gasteiger partial charge in [-0.1, -0.05) is 83.3 Å². The smallest absolute Gasteiger partial charge is 0.0181 e. The van der Waals surface area contributed by atoms with E-state index >= 15 is 0 Å². The molecule has 2 aromatic carbocycles. The third kappa shape index (κ3) is 3.19. The highest BCUT2D eigenvalue weighted by molar-refractivity contribution is 14.1. The molecule has 0 saturated carbocycles. The van der Waals surface area contributed by atoms with Gasteiger partial charge in [0.25, 0.3) is 0 Å². The normalized spacial score (nSPS) is 11.5. The second-order valence-electron chi connectivity index (χ2n) is 3.98. The van der Waals surface area contributed by atoms with Crippen LogP contribution in [0.5, 0.6) is 0 Å². The monoisotopic (exact) mass is 334 g/mol. The Labute approximate surface area is 117 Å². The molecule has 0 unspecified atom stereocenters. The maximum Gasteiger partial charge on any atom is 0.0181 e. The summed E-state index contributed by atoms with van der Waals surface area (Å²) in [5.74, 6) is 0. The summed E-state index contributed by atoms with van der Waals surface area (Å²) in [5, 5.41) is 0. The van der Waals surface area contributed by atoms with Gasteiger partial charge in [0, 0.05) is 4.43 Å². The van der Waals surface area contributed by atoms with Crippen LogP contribution < -0.4 is 0 Å². The zero-order valence-electron chi connectivity index (χ0n) is 9.86. The summed E-state index contributed by atoms with van der Waals surface area (Å²) >= 11 is 2.37. The van der Waals surface area contributed by atoms with Crippen LogP contribution in [-0.4, -0.2) is 4.43 Å². The first-order valence-electron chi connectivity index (χ1n) is 5.70. The minimum atomic E-state index is 1.06. The zero-order chi connectivity index (χ0) is 12.1. The SMILES string of the molecule is C/C(=C\CI)c1ccc(-c2ccccc2)cc1. The number of alkyl halides is 1. The second kappa shape index (κ2) is 6.01. The molecule has 2 rings (SSSR count). The van der Waals surface area contributed by atoms with Gasteiger partial charge in [0.15, 0.2) is 0 Å². The fraction of sp³-hybridized carbons (Fsp3) is 0.125. The molecule has 0 N–H and O–H groups in total. The van der Waals surface area contributed by atoms with Gasteiger partial charge in [0.2, 0.25) is 0 Å². The van der Waals surface area contributed by atoms with Crippen molar-refractivity contribution in [3.05, 3.63) is 66.2 Å². The van der Waals surface area contributed by atoms with Gasteiger partial charge in [-0.3, -0.25) is 0 Å². The highest BCUT2D eigenvalue weighted by atomic mass is 127. The fourth-order valence-electron chi connectivity index (χ4n) is 1.79. The van der Waals surface area contributed by atoms with Crippen molar-refractivity contribution in [2.75, 3.05) is 4.43 Å². The van der Waals surface area contributed by atoms with Gasteiger partial charge in [-0.2, -0.15) is 0 Å². The number of hydrogen-bond acceptors (Lipinski definition) is 0. The molecular formula is C16H15I. The molecule has 0 heterocycles. The molecule has 0 atom stereocenters. The summed E-state index contributed by atoms with van der Waals surface area (Å²) in [5.41, 5.74) is 5.20. The van der Waals surface area contributed by atoms with Crippen LogP contribution in [0.2, 0.25) is 0 Å². The van der Waals surface area contributed by atoms with Crippen LogP contribution in [0.1, 0.15) is 12.5 Å². The number of halogens is 1. The van der Waals surface area contributed by atoms with Gasteiger partial charge in [0.1, 0.15) is 0 Å². The summed E-state index contributed by atoms with van der Waals surface area (Å²) < 4.78 is 1.06. The Morgan fingerprint density at radius 3 is 2.12 bits per heavy atom. The van der Waals surface area contributed by atoms with Crippen LogP contribution in [0.3, 0.4) is 0 Å². The molecule has 0 fully saturated rings. The van der Waals surface area contributed by atoms with E-state index in [0.29, 0.717) is 0 Å². The molecule has 0 nitrogen and oxygen atoms in total. The first-order chi connectivity index (χ1) is 8.31. The largest absolute Gasteiger partial charge is 0.0818 e. The lowest BCUT2D eigenvalue weighted by Gasteiger charge is -2.04. The topological polar surface area (TPSA) is 0 Å². The molecule has 0 spiro atoms. The first kappa shape index (κ1) is 12.4. The van der Waals surface area contributed by atoms with Crippen LogP contribution in [0.4, 0.5) is 0 Å². The highest BCUT2D eigenvalue weighted by Gasteiger charge is 1.98. The Morgan fingerprint density at radius 1 is 0.941 bits per heavy atom. The van der Waals surface area contributed by atoms with Crippen LogP contribution in [0.25, 0.3) is 16.7 Å². The summed E-state index contributed by atoms with van der Waals surface area (Å²) in [6.45, 7) is 2.16. The molecule has 0 bridgehead atoms. The van der Waals surface area contributed by atoms with Gasteiger partial charge in [0.05, 0.1) is 0 Å². The Balaban J connectivity index is 2.28. The summed E-state index contributed by atoms with van der Waals surface area (Å²) in [6.07, 6.45) is 2.25. The average molecular weight is 334 g/mol. The molecule has 0 aliphatic heterocycles. The highest BCUT2D eigenvalue weighted by Crippen LogP contribution is 2.22. The maximum atomic E-state index is 2.37. The molecule has 2 aromatic rings. The van der Waals surface area contributed by atoms with Crippen molar-refractivity contribution < 1.29 is 0 Å². The number of benzene rings is 2. The van der Waals surface area contributed by atoms with Gasteiger partial charge in [-0.05, 0) is 29.2 Å². The summed E-state index contributed by atoms with van der Waals surface area (Å²) in [7, 11) is 0. The molecule has 0 radical (unpaired) electrons. The lowest BCUT2D eigenvalue weighted by molar-refractivity contribution is 1.54. The average Bonchev–Trinajstić information content (AvgIpc) is 2.40. The lowest BCUT2D eigenvalue weighted by atomic mass is 10.0. The molecule has 0 aromatic heterocycles. The summed E-state index contributed by atoms with van der Waals surface area (Å²) in [6, 6.07) is 19.2. The Morgan fingerprint density at radius 2 is 1.53 bits per heavy atom. The Bertz CT molecular complexity index is 495. The third-order valence-corrected chi connectivity index (χ3v) is 3.27. The van der Waals surface area contributed by atoms with Crippen molar-refractivity contribution in [2.45, 2.75) is 6.92 Å². The predicted molar refractivity (Wildman–Crippen MR) is 84.4 cm³/mol. The van der Waals surface area contributed by atoms with Gasteiger partial charge in [-0.15, -0.1) is 0 Å². The van der Waals surface area contributed by atoms with Crippen LogP contribution in [0.15, 0.2) is 60.7 Å². The van der Waals surface area contributed by atoms with E-state index in [1.807, 2.05) is 6.07 Å². The molecule has 17 heavy (non-hydrogen) atoms. The quantitative estimate of drug-likeness (QED) is 0.535. The number of allylic oxidation sites excluding steroid dienone is 2. The molecule has 0 aliphatic carbocycles. The summed E-state index contributed by atoms with van der Waals surface area (Å²) in [4.78, 5) is 0. The minimum absolute atomic E-state index is 1.06. The molecule has 1 heteroatoms. The minimum Gasteiger partial charge on any atom is -0.0818 e. The molecular weight excluding hydrogens is 319 g/mol. The molecule has 0 aliphatic rings.